The molecule has 1 N–H and O–H groups in total. The number of aryl methyl sites for hydroxylation is 1. The van der Waals surface area contributed by atoms with E-state index in [4.69, 9.17) is 0 Å². The molecule has 1 fully saturated rings. The Labute approximate surface area is 138 Å². The van der Waals surface area contributed by atoms with Gasteiger partial charge in [0.25, 0.3) is 0 Å². The van der Waals surface area contributed by atoms with Gasteiger partial charge in [0.1, 0.15) is 6.54 Å². The lowest BCUT2D eigenvalue weighted by Gasteiger charge is -2.24. The van der Waals surface area contributed by atoms with Crippen LogP contribution in [0.1, 0.15) is 56.9 Å². The Kier molecular flexibility index (Phi) is 5.31. The van der Waals surface area contributed by atoms with E-state index < -0.39 is 0 Å². The number of nitrogens with one attached hydrogen (secondary N) is 1. The number of benzene rings is 1. The smallest absolute Gasteiger partial charge is 0.240 e. The van der Waals surface area contributed by atoms with Crippen LogP contribution in [0.5, 0.6) is 0 Å². The third-order valence-corrected chi connectivity index (χ3v) is 4.94. The molecule has 0 atom stereocenters. The monoisotopic (exact) mass is 314 g/mol. The van der Waals surface area contributed by atoms with E-state index in [2.05, 4.69) is 11.4 Å². The Morgan fingerprint density at radius 1 is 1.04 bits per heavy atom. The van der Waals surface area contributed by atoms with Crippen LogP contribution in [0, 0.1) is 0 Å². The van der Waals surface area contributed by atoms with Gasteiger partial charge in [0.2, 0.25) is 11.8 Å². The van der Waals surface area contributed by atoms with Gasteiger partial charge in [-0.3, -0.25) is 9.59 Å². The number of carbonyl (C=O) groups excluding carboxylic acids is 2. The first-order valence-electron chi connectivity index (χ1n) is 8.91. The lowest BCUT2D eigenvalue weighted by Crippen LogP contribution is -2.44. The molecule has 0 unspecified atom stereocenters. The average Bonchev–Trinajstić information content (AvgIpc) is 2.88. The highest BCUT2D eigenvalue weighted by atomic mass is 16.2. The first-order chi connectivity index (χ1) is 11.2. The summed E-state index contributed by atoms with van der Waals surface area (Å²) in [4.78, 5) is 26.5. The molecule has 23 heavy (non-hydrogen) atoms. The van der Waals surface area contributed by atoms with Gasteiger partial charge in [0, 0.05) is 18.2 Å². The predicted octanol–water partition coefficient (Wildman–Crippen LogP) is 3.19. The second kappa shape index (κ2) is 7.62. The second-order valence-electron chi connectivity index (χ2n) is 6.72. The fourth-order valence-corrected chi connectivity index (χ4v) is 3.70. The van der Waals surface area contributed by atoms with Crippen molar-refractivity contribution in [3.63, 3.8) is 0 Å². The summed E-state index contributed by atoms with van der Waals surface area (Å²) in [5.41, 5.74) is 2.08. The van der Waals surface area contributed by atoms with Crippen LogP contribution in [0.25, 0.3) is 0 Å². The van der Waals surface area contributed by atoms with Gasteiger partial charge in [-0.2, -0.15) is 0 Å². The Morgan fingerprint density at radius 3 is 2.57 bits per heavy atom. The van der Waals surface area contributed by atoms with Gasteiger partial charge in [-0.1, -0.05) is 43.9 Å². The van der Waals surface area contributed by atoms with Gasteiger partial charge >= 0.3 is 0 Å². The van der Waals surface area contributed by atoms with Crippen LogP contribution in [0.15, 0.2) is 24.3 Å². The van der Waals surface area contributed by atoms with Gasteiger partial charge in [-0.15, -0.1) is 0 Å². The number of anilines is 1. The zero-order valence-electron chi connectivity index (χ0n) is 13.7. The number of fused-ring (bicyclic) bond motifs is 1. The van der Waals surface area contributed by atoms with E-state index in [-0.39, 0.29) is 24.4 Å². The summed E-state index contributed by atoms with van der Waals surface area (Å²) >= 11 is 0. The van der Waals surface area contributed by atoms with Crippen molar-refractivity contribution < 1.29 is 9.59 Å². The zero-order chi connectivity index (χ0) is 16.1. The minimum atomic E-state index is -0.0260. The number of carbonyl (C=O) groups is 2. The molecule has 1 aromatic carbocycles. The number of hydrogen-bond acceptors (Lipinski definition) is 2. The number of nitrogens with zero attached hydrogens (tertiary/aromatic N) is 1. The number of hydrogen-bond donors (Lipinski definition) is 1. The Balaban J connectivity index is 1.67. The van der Waals surface area contributed by atoms with E-state index in [0.29, 0.717) is 6.42 Å². The van der Waals surface area contributed by atoms with Crippen molar-refractivity contribution in [1.82, 2.24) is 5.32 Å². The molecule has 1 saturated carbocycles. The van der Waals surface area contributed by atoms with Gasteiger partial charge in [0.05, 0.1) is 0 Å². The van der Waals surface area contributed by atoms with E-state index in [1.165, 1.54) is 31.2 Å². The molecule has 124 valence electrons. The molecule has 1 heterocycles. The van der Waals surface area contributed by atoms with Crippen molar-refractivity contribution in [3.05, 3.63) is 29.8 Å². The molecule has 2 aliphatic rings. The maximum absolute atomic E-state index is 12.5. The molecule has 4 heteroatoms. The second-order valence-corrected chi connectivity index (χ2v) is 6.72. The molecular formula is C19H26N2O2. The van der Waals surface area contributed by atoms with Gasteiger partial charge in [-0.05, 0) is 37.3 Å². The van der Waals surface area contributed by atoms with Gasteiger partial charge < -0.3 is 10.2 Å². The maximum Gasteiger partial charge on any atom is 0.240 e. The standard InChI is InChI=1S/C19H26N2O2/c22-18(20-16-10-3-1-2-4-11-16)14-21-17-12-6-5-8-15(17)9-7-13-19(21)23/h5-6,8,12,16H,1-4,7,9-11,13-14H2,(H,20,22). The van der Waals surface area contributed by atoms with Crippen molar-refractivity contribution in [3.8, 4) is 0 Å². The molecular weight excluding hydrogens is 288 g/mol. The molecule has 1 aliphatic carbocycles. The molecule has 1 aliphatic heterocycles. The minimum absolute atomic E-state index is 0.0260. The molecule has 4 nitrogen and oxygen atoms in total. The SMILES string of the molecule is O=C(CN1C(=O)CCCc2ccccc21)NC1CCCCCC1. The van der Waals surface area contributed by atoms with Crippen LogP contribution in [0.3, 0.4) is 0 Å². The summed E-state index contributed by atoms with van der Waals surface area (Å²) in [7, 11) is 0. The molecule has 2 amide bonds. The maximum atomic E-state index is 12.5. The van der Waals surface area contributed by atoms with Crippen LogP contribution in [-0.4, -0.2) is 24.4 Å². The van der Waals surface area contributed by atoms with Gasteiger partial charge in [0.15, 0.2) is 0 Å². The van der Waals surface area contributed by atoms with Crippen LogP contribution in [0.4, 0.5) is 5.69 Å². The third kappa shape index (κ3) is 4.12. The molecule has 0 aromatic heterocycles. The molecule has 0 bridgehead atoms. The summed E-state index contributed by atoms with van der Waals surface area (Å²) in [6, 6.07) is 8.23. The fraction of sp³-hybridized carbons (Fsp3) is 0.579. The fourth-order valence-electron chi connectivity index (χ4n) is 3.70. The summed E-state index contributed by atoms with van der Waals surface area (Å²) in [6.45, 7) is 0.145. The first-order valence-corrected chi connectivity index (χ1v) is 8.91. The van der Waals surface area contributed by atoms with E-state index in [0.717, 1.165) is 31.4 Å². The van der Waals surface area contributed by atoms with Crippen molar-refractivity contribution in [2.24, 2.45) is 0 Å². The Bertz CT molecular complexity index is 562. The topological polar surface area (TPSA) is 49.4 Å². The Morgan fingerprint density at radius 2 is 1.78 bits per heavy atom. The summed E-state index contributed by atoms with van der Waals surface area (Å²) in [5, 5.41) is 3.15. The van der Waals surface area contributed by atoms with Crippen LogP contribution >= 0.6 is 0 Å². The van der Waals surface area contributed by atoms with E-state index in [9.17, 15) is 9.59 Å². The van der Waals surface area contributed by atoms with Crippen molar-refractivity contribution in [2.45, 2.75) is 63.8 Å². The lowest BCUT2D eigenvalue weighted by molar-refractivity contribution is -0.124. The van der Waals surface area contributed by atoms with Gasteiger partial charge in [-0.25, -0.2) is 0 Å². The highest BCUT2D eigenvalue weighted by molar-refractivity contribution is 5.99. The highest BCUT2D eigenvalue weighted by Gasteiger charge is 2.25. The average molecular weight is 314 g/mol. The van der Waals surface area contributed by atoms with Crippen molar-refractivity contribution >= 4 is 17.5 Å². The number of para-hydroxylation sites is 1. The molecule has 0 spiro atoms. The highest BCUT2D eigenvalue weighted by Crippen LogP contribution is 2.26. The first kappa shape index (κ1) is 16.0. The predicted molar refractivity (Wildman–Crippen MR) is 91.4 cm³/mol. The normalized spacial score (nSPS) is 19.7. The molecule has 1 aromatic rings. The van der Waals surface area contributed by atoms with E-state index in [1.54, 1.807) is 4.90 Å². The van der Waals surface area contributed by atoms with E-state index >= 15 is 0 Å². The molecule has 0 saturated heterocycles. The van der Waals surface area contributed by atoms with Crippen LogP contribution in [-0.2, 0) is 16.0 Å². The Hall–Kier alpha value is -1.84. The van der Waals surface area contributed by atoms with Crippen molar-refractivity contribution in [1.29, 1.82) is 0 Å². The number of amides is 2. The summed E-state index contributed by atoms with van der Waals surface area (Å²) in [5.74, 6) is 0.0351. The van der Waals surface area contributed by atoms with Crippen molar-refractivity contribution in [2.75, 3.05) is 11.4 Å². The minimum Gasteiger partial charge on any atom is -0.352 e. The lowest BCUT2D eigenvalue weighted by atomic mass is 10.1. The quantitative estimate of drug-likeness (QED) is 0.871. The largest absolute Gasteiger partial charge is 0.352 e. The molecule has 0 radical (unpaired) electrons. The van der Waals surface area contributed by atoms with Crippen LogP contribution in [0.2, 0.25) is 0 Å². The number of rotatable bonds is 3. The van der Waals surface area contributed by atoms with E-state index in [1.807, 2.05) is 18.2 Å². The summed E-state index contributed by atoms with van der Waals surface area (Å²) < 4.78 is 0. The third-order valence-electron chi connectivity index (χ3n) is 4.94. The zero-order valence-corrected chi connectivity index (χ0v) is 13.7. The summed E-state index contributed by atoms with van der Waals surface area (Å²) in [6.07, 6.45) is 9.33. The molecule has 3 rings (SSSR count). The van der Waals surface area contributed by atoms with Crippen LogP contribution < -0.4 is 10.2 Å².